The Hall–Kier alpha value is -4.24. The van der Waals surface area contributed by atoms with E-state index in [0.29, 0.717) is 12.8 Å². The number of aliphatic hydroxyl groups excluding tert-OH is 1. The van der Waals surface area contributed by atoms with E-state index in [0.717, 1.165) is 11.1 Å². The molecule has 0 heterocycles. The second-order valence-electron chi connectivity index (χ2n) is 9.23. The van der Waals surface area contributed by atoms with Gasteiger partial charge in [0.15, 0.2) is 6.04 Å². The van der Waals surface area contributed by atoms with E-state index in [1.165, 1.54) is 6.08 Å². The highest BCUT2D eigenvalue weighted by molar-refractivity contribution is 5.89. The van der Waals surface area contributed by atoms with Crippen LogP contribution in [0, 0.1) is 5.92 Å². The van der Waals surface area contributed by atoms with Crippen LogP contribution in [-0.2, 0) is 41.7 Å². The average molecular weight is 551 g/mol. The molecule has 0 aromatic heterocycles. The first kappa shape index (κ1) is 32.0. The third kappa shape index (κ3) is 12.1. The predicted molar refractivity (Wildman–Crippen MR) is 151 cm³/mol. The van der Waals surface area contributed by atoms with Gasteiger partial charge in [0.05, 0.1) is 18.6 Å². The molecule has 40 heavy (non-hydrogen) atoms. The van der Waals surface area contributed by atoms with Crippen LogP contribution in [-0.4, -0.2) is 54.2 Å². The topological polar surface area (TPSA) is 131 Å². The zero-order valence-electron chi connectivity index (χ0n) is 22.6. The van der Waals surface area contributed by atoms with Crippen molar-refractivity contribution in [2.45, 2.75) is 50.8 Å². The zero-order chi connectivity index (χ0) is 29.2. The Morgan fingerprint density at radius 1 is 0.875 bits per heavy atom. The van der Waals surface area contributed by atoms with Crippen LogP contribution < -0.4 is 10.6 Å². The number of aliphatic hydroxyl groups is 1. The first-order chi connectivity index (χ1) is 19.4. The van der Waals surface area contributed by atoms with Gasteiger partial charge in [-0.05, 0) is 30.4 Å². The van der Waals surface area contributed by atoms with Gasteiger partial charge in [-0.15, -0.1) is 13.2 Å². The van der Waals surface area contributed by atoms with Crippen molar-refractivity contribution < 1.29 is 33.8 Å². The van der Waals surface area contributed by atoms with E-state index in [1.807, 2.05) is 36.4 Å². The van der Waals surface area contributed by atoms with E-state index in [1.54, 1.807) is 30.3 Å². The van der Waals surface area contributed by atoms with Crippen LogP contribution in [0.25, 0.3) is 0 Å². The fraction of sp³-hybridized carbons (Fsp3) is 0.355. The van der Waals surface area contributed by atoms with E-state index < -0.39 is 48.4 Å². The van der Waals surface area contributed by atoms with Gasteiger partial charge >= 0.3 is 11.9 Å². The molecule has 0 spiro atoms. The maximum absolute atomic E-state index is 13.2. The molecule has 0 aliphatic carbocycles. The quantitative estimate of drug-likeness (QED) is 0.192. The van der Waals surface area contributed by atoms with Gasteiger partial charge in [-0.2, -0.15) is 0 Å². The van der Waals surface area contributed by atoms with Gasteiger partial charge in [0, 0.05) is 12.8 Å². The minimum Gasteiger partial charge on any atom is -0.463 e. The number of allylic oxidation sites excluding steroid dienone is 2. The smallest absolute Gasteiger partial charge is 0.332 e. The summed E-state index contributed by atoms with van der Waals surface area (Å²) in [6.07, 6.45) is 3.94. The van der Waals surface area contributed by atoms with Crippen molar-refractivity contribution in [3.05, 3.63) is 97.1 Å². The van der Waals surface area contributed by atoms with Crippen LogP contribution in [0.5, 0.6) is 0 Å². The van der Waals surface area contributed by atoms with Gasteiger partial charge in [0.1, 0.15) is 13.2 Å². The molecule has 0 aliphatic heterocycles. The maximum atomic E-state index is 13.2. The number of nitrogens with one attached hydrogen (secondary N) is 2. The number of carbonyl (C=O) groups is 4. The summed E-state index contributed by atoms with van der Waals surface area (Å²) in [7, 11) is 0. The molecule has 214 valence electrons. The third-order valence-corrected chi connectivity index (χ3v) is 5.95. The normalized spacial score (nSPS) is 12.7. The molecule has 9 heteroatoms. The molecular formula is C31H38N2O7. The molecule has 9 nitrogen and oxygen atoms in total. The molecule has 0 saturated heterocycles. The lowest BCUT2D eigenvalue weighted by Crippen LogP contribution is -2.48. The number of carbonyl (C=O) groups excluding carboxylic acids is 4. The van der Waals surface area contributed by atoms with Gasteiger partial charge in [0.25, 0.3) is 0 Å². The Bertz CT molecular complexity index is 1110. The van der Waals surface area contributed by atoms with Crippen LogP contribution in [0.3, 0.4) is 0 Å². The van der Waals surface area contributed by atoms with Gasteiger partial charge in [-0.25, -0.2) is 4.79 Å². The Morgan fingerprint density at radius 3 is 2.12 bits per heavy atom. The predicted octanol–water partition coefficient (Wildman–Crippen LogP) is 3.03. The van der Waals surface area contributed by atoms with Gasteiger partial charge in [-0.1, -0.05) is 72.8 Å². The molecule has 3 N–H and O–H groups in total. The minimum atomic E-state index is -1.28. The van der Waals surface area contributed by atoms with Crippen LogP contribution in [0.4, 0.5) is 0 Å². The summed E-state index contributed by atoms with van der Waals surface area (Å²) in [5.74, 6) is -3.21. The average Bonchev–Trinajstić information content (AvgIpc) is 2.97. The number of ether oxygens (including phenoxy) is 2. The summed E-state index contributed by atoms with van der Waals surface area (Å²) in [6, 6.07) is 16.6. The minimum absolute atomic E-state index is 0.0289. The number of hydrogen-bond donors (Lipinski definition) is 3. The van der Waals surface area contributed by atoms with Crippen LogP contribution >= 0.6 is 0 Å². The first-order valence-electron chi connectivity index (χ1n) is 13.2. The van der Waals surface area contributed by atoms with Crippen molar-refractivity contribution >= 4 is 23.8 Å². The van der Waals surface area contributed by atoms with Crippen LogP contribution in [0.2, 0.25) is 0 Å². The SMILES string of the molecule is C=CCCC(=O)OC[C@@H](NC(=O)[C@H](CC=C)CC(=O)N[C@@H](CO)Cc1ccccc1)C(=O)OCc1ccccc1. The number of amides is 2. The Morgan fingerprint density at radius 2 is 1.52 bits per heavy atom. The molecule has 0 unspecified atom stereocenters. The number of hydrogen-bond acceptors (Lipinski definition) is 7. The molecule has 3 atom stereocenters. The van der Waals surface area contributed by atoms with Crippen molar-refractivity contribution in [3.8, 4) is 0 Å². The summed E-state index contributed by atoms with van der Waals surface area (Å²) in [6.45, 7) is 6.50. The number of benzene rings is 2. The Kier molecular flexibility index (Phi) is 14.5. The summed E-state index contributed by atoms with van der Waals surface area (Å²) >= 11 is 0. The zero-order valence-corrected chi connectivity index (χ0v) is 22.6. The van der Waals surface area contributed by atoms with Gasteiger partial charge in [-0.3, -0.25) is 14.4 Å². The molecule has 2 aromatic rings. The molecule has 2 aromatic carbocycles. The van der Waals surface area contributed by atoms with E-state index >= 15 is 0 Å². The highest BCUT2D eigenvalue weighted by atomic mass is 16.6. The summed E-state index contributed by atoms with van der Waals surface area (Å²) < 4.78 is 10.6. The molecule has 2 amide bonds. The molecule has 2 rings (SSSR count). The summed E-state index contributed by atoms with van der Waals surface area (Å²) in [4.78, 5) is 50.8. The number of esters is 2. The molecule has 0 aliphatic rings. The fourth-order valence-corrected chi connectivity index (χ4v) is 3.81. The lowest BCUT2D eigenvalue weighted by molar-refractivity contribution is -0.155. The second kappa shape index (κ2) is 18.1. The standard InChI is InChI=1S/C31H38N2O7/c1-3-5-17-29(36)39-22-27(31(38)40-21-24-15-10-7-11-16-24)33-30(37)25(12-4-2)19-28(35)32-26(20-34)18-23-13-8-6-9-14-23/h3-4,6-11,13-16,25-27,34H,1-2,5,12,17-22H2,(H,32,35)(H,33,37)/t25-,26-,27-/m1/s1. The highest BCUT2D eigenvalue weighted by Gasteiger charge is 2.29. The van der Waals surface area contributed by atoms with E-state index in [4.69, 9.17) is 9.47 Å². The van der Waals surface area contributed by atoms with E-state index in [2.05, 4.69) is 23.8 Å². The van der Waals surface area contributed by atoms with Crippen molar-refractivity contribution in [1.29, 1.82) is 0 Å². The molecule has 0 fully saturated rings. The lowest BCUT2D eigenvalue weighted by atomic mass is 9.98. The molecule has 0 saturated carbocycles. The van der Waals surface area contributed by atoms with E-state index in [-0.39, 0.29) is 32.5 Å². The summed E-state index contributed by atoms with van der Waals surface area (Å²) in [5.41, 5.74) is 1.70. The lowest BCUT2D eigenvalue weighted by Gasteiger charge is -2.22. The Labute approximate surface area is 235 Å². The van der Waals surface area contributed by atoms with Gasteiger partial charge < -0.3 is 25.2 Å². The molecular weight excluding hydrogens is 512 g/mol. The first-order valence-corrected chi connectivity index (χ1v) is 13.2. The van der Waals surface area contributed by atoms with E-state index in [9.17, 15) is 24.3 Å². The van der Waals surface area contributed by atoms with Gasteiger partial charge in [0.2, 0.25) is 11.8 Å². The fourth-order valence-electron chi connectivity index (χ4n) is 3.81. The van der Waals surface area contributed by atoms with Crippen LogP contribution in [0.1, 0.15) is 36.8 Å². The number of rotatable bonds is 18. The molecule has 0 radical (unpaired) electrons. The van der Waals surface area contributed by atoms with Crippen molar-refractivity contribution in [2.75, 3.05) is 13.2 Å². The highest BCUT2D eigenvalue weighted by Crippen LogP contribution is 2.12. The third-order valence-electron chi connectivity index (χ3n) is 5.95. The maximum Gasteiger partial charge on any atom is 0.332 e. The Balaban J connectivity index is 2.04. The second-order valence-corrected chi connectivity index (χ2v) is 9.23. The largest absolute Gasteiger partial charge is 0.463 e. The van der Waals surface area contributed by atoms with Crippen molar-refractivity contribution in [2.24, 2.45) is 5.92 Å². The van der Waals surface area contributed by atoms with Crippen molar-refractivity contribution in [3.63, 3.8) is 0 Å². The molecule has 0 bridgehead atoms. The monoisotopic (exact) mass is 550 g/mol. The van der Waals surface area contributed by atoms with Crippen LogP contribution in [0.15, 0.2) is 86.0 Å². The summed E-state index contributed by atoms with van der Waals surface area (Å²) in [5, 5.41) is 15.1. The van der Waals surface area contributed by atoms with Crippen molar-refractivity contribution in [1.82, 2.24) is 10.6 Å².